The van der Waals surface area contributed by atoms with Crippen LogP contribution in [0.1, 0.15) is 26.2 Å². The number of hydrazine groups is 1. The van der Waals surface area contributed by atoms with Crippen molar-refractivity contribution in [1.82, 2.24) is 10.7 Å². The van der Waals surface area contributed by atoms with E-state index in [0.717, 1.165) is 25.9 Å². The van der Waals surface area contributed by atoms with E-state index in [2.05, 4.69) is 22.7 Å². The Bertz CT molecular complexity index is 230. The molecule has 1 fully saturated rings. The van der Waals surface area contributed by atoms with Crippen molar-refractivity contribution in [2.45, 2.75) is 38.3 Å². The van der Waals surface area contributed by atoms with Gasteiger partial charge in [0.25, 0.3) is 0 Å². The molecule has 0 aromatic rings. The molecule has 1 rings (SSSR count). The van der Waals surface area contributed by atoms with Crippen LogP contribution in [-0.2, 0) is 9.47 Å². The Hall–Kier alpha value is -0.850. The maximum absolute atomic E-state index is 5.60. The van der Waals surface area contributed by atoms with Crippen LogP contribution >= 0.6 is 0 Å². The van der Waals surface area contributed by atoms with Gasteiger partial charge < -0.3 is 14.8 Å². The lowest BCUT2D eigenvalue weighted by atomic mass is 10.1. The van der Waals surface area contributed by atoms with Crippen molar-refractivity contribution in [3.05, 3.63) is 0 Å². The maximum Gasteiger partial charge on any atom is 0.206 e. The van der Waals surface area contributed by atoms with E-state index >= 15 is 0 Å². The number of ether oxygens (including phenoxy) is 2. The minimum absolute atomic E-state index is 0.217. The average molecular weight is 244 g/mol. The summed E-state index contributed by atoms with van der Waals surface area (Å²) in [5.41, 5.74) is 2.58. The van der Waals surface area contributed by atoms with Crippen LogP contribution in [-0.4, -0.2) is 45.0 Å². The van der Waals surface area contributed by atoms with Crippen molar-refractivity contribution in [2.75, 3.05) is 26.9 Å². The molecule has 0 saturated carbocycles. The Kier molecular flexibility index (Phi) is 6.91. The van der Waals surface area contributed by atoms with Crippen molar-refractivity contribution in [1.29, 1.82) is 0 Å². The van der Waals surface area contributed by atoms with Gasteiger partial charge in [-0.25, -0.2) is 5.84 Å². The first-order valence-corrected chi connectivity index (χ1v) is 6.16. The van der Waals surface area contributed by atoms with Gasteiger partial charge in [-0.05, 0) is 26.2 Å². The fraction of sp³-hybridized carbons (Fsp3) is 0.909. The zero-order valence-electron chi connectivity index (χ0n) is 10.7. The number of nitrogens with two attached hydrogens (primary N) is 1. The molecule has 6 heteroatoms. The summed E-state index contributed by atoms with van der Waals surface area (Å²) in [6.45, 7) is 4.34. The maximum atomic E-state index is 5.60. The normalized spacial score (nSPS) is 22.5. The topological polar surface area (TPSA) is 80.9 Å². The molecule has 0 spiro atoms. The Morgan fingerprint density at radius 3 is 3.06 bits per heavy atom. The van der Waals surface area contributed by atoms with Gasteiger partial charge in [-0.1, -0.05) is 0 Å². The first-order valence-electron chi connectivity index (χ1n) is 6.16. The Morgan fingerprint density at radius 1 is 1.65 bits per heavy atom. The SMILES string of the molecule is COCCCN=C(NN)NC(C)C1CCCO1. The quantitative estimate of drug-likeness (QED) is 0.201. The molecule has 0 aliphatic carbocycles. The lowest BCUT2D eigenvalue weighted by Crippen LogP contribution is -2.49. The lowest BCUT2D eigenvalue weighted by molar-refractivity contribution is 0.0890. The van der Waals surface area contributed by atoms with Crippen molar-refractivity contribution in [3.8, 4) is 0 Å². The van der Waals surface area contributed by atoms with Crippen LogP contribution in [0.2, 0.25) is 0 Å². The highest BCUT2D eigenvalue weighted by atomic mass is 16.5. The van der Waals surface area contributed by atoms with Gasteiger partial charge in [0.05, 0.1) is 12.1 Å². The number of methoxy groups -OCH3 is 1. The van der Waals surface area contributed by atoms with Gasteiger partial charge in [-0.3, -0.25) is 10.4 Å². The molecule has 1 aliphatic rings. The van der Waals surface area contributed by atoms with Crippen molar-refractivity contribution in [3.63, 3.8) is 0 Å². The molecule has 2 atom stereocenters. The molecule has 1 saturated heterocycles. The molecule has 0 aromatic heterocycles. The van der Waals surface area contributed by atoms with Crippen molar-refractivity contribution >= 4 is 5.96 Å². The second-order valence-electron chi connectivity index (χ2n) is 4.21. The van der Waals surface area contributed by atoms with Crippen LogP contribution in [0.3, 0.4) is 0 Å². The Labute approximate surface area is 103 Å². The first kappa shape index (κ1) is 14.2. The summed E-state index contributed by atoms with van der Waals surface area (Å²) < 4.78 is 10.6. The molecular weight excluding hydrogens is 220 g/mol. The summed E-state index contributed by atoms with van der Waals surface area (Å²) in [7, 11) is 1.68. The van der Waals surface area contributed by atoms with Gasteiger partial charge in [-0.2, -0.15) is 0 Å². The van der Waals surface area contributed by atoms with Crippen LogP contribution in [0.25, 0.3) is 0 Å². The molecule has 0 radical (unpaired) electrons. The number of nitrogens with zero attached hydrogens (tertiary/aromatic N) is 1. The zero-order chi connectivity index (χ0) is 12.5. The molecule has 0 amide bonds. The smallest absolute Gasteiger partial charge is 0.206 e. The number of nitrogens with one attached hydrogen (secondary N) is 2. The molecule has 1 heterocycles. The van der Waals surface area contributed by atoms with Gasteiger partial charge >= 0.3 is 0 Å². The highest BCUT2D eigenvalue weighted by Crippen LogP contribution is 2.15. The second-order valence-corrected chi connectivity index (χ2v) is 4.21. The van der Waals surface area contributed by atoms with E-state index in [1.54, 1.807) is 7.11 Å². The standard InChI is InChI=1S/C11H24N4O2/c1-9(10-5-3-8-17-10)14-11(15-12)13-6-4-7-16-2/h9-10H,3-8,12H2,1-2H3,(H2,13,14,15). The van der Waals surface area contributed by atoms with Gasteiger partial charge in [0.2, 0.25) is 5.96 Å². The third-order valence-corrected chi connectivity index (χ3v) is 2.80. The summed E-state index contributed by atoms with van der Waals surface area (Å²) in [5, 5.41) is 3.23. The van der Waals surface area contributed by atoms with E-state index < -0.39 is 0 Å². The van der Waals surface area contributed by atoms with Gasteiger partial charge in [-0.15, -0.1) is 0 Å². The van der Waals surface area contributed by atoms with E-state index in [9.17, 15) is 0 Å². The molecule has 1 aliphatic heterocycles. The van der Waals surface area contributed by atoms with E-state index in [-0.39, 0.29) is 12.1 Å². The summed E-state index contributed by atoms with van der Waals surface area (Å²) in [6, 6.07) is 0.217. The molecule has 0 aromatic carbocycles. The molecule has 4 N–H and O–H groups in total. The third kappa shape index (κ3) is 5.34. The Balaban J connectivity index is 2.28. The number of rotatable bonds is 6. The van der Waals surface area contributed by atoms with E-state index in [0.29, 0.717) is 19.1 Å². The van der Waals surface area contributed by atoms with E-state index in [1.807, 2.05) is 0 Å². The number of hydrogen-bond donors (Lipinski definition) is 3. The third-order valence-electron chi connectivity index (χ3n) is 2.80. The molecular formula is C11H24N4O2. The summed E-state index contributed by atoms with van der Waals surface area (Å²) >= 11 is 0. The van der Waals surface area contributed by atoms with Gasteiger partial charge in [0.15, 0.2) is 0 Å². The highest BCUT2D eigenvalue weighted by molar-refractivity contribution is 5.79. The molecule has 100 valence electrons. The van der Waals surface area contributed by atoms with Crippen LogP contribution in [0, 0.1) is 0 Å². The van der Waals surface area contributed by atoms with Gasteiger partial charge in [0, 0.05) is 26.9 Å². The number of aliphatic imine (C=N–C) groups is 1. The van der Waals surface area contributed by atoms with Crippen LogP contribution < -0.4 is 16.6 Å². The number of hydrogen-bond acceptors (Lipinski definition) is 4. The lowest BCUT2D eigenvalue weighted by Gasteiger charge is -2.21. The number of guanidine groups is 1. The largest absolute Gasteiger partial charge is 0.385 e. The van der Waals surface area contributed by atoms with Crippen LogP contribution in [0.4, 0.5) is 0 Å². The summed E-state index contributed by atoms with van der Waals surface area (Å²) in [6.07, 6.45) is 3.37. The van der Waals surface area contributed by atoms with E-state index in [1.165, 1.54) is 0 Å². The monoisotopic (exact) mass is 244 g/mol. The highest BCUT2D eigenvalue weighted by Gasteiger charge is 2.22. The molecule has 0 bridgehead atoms. The summed E-state index contributed by atoms with van der Waals surface area (Å²) in [4.78, 5) is 4.32. The summed E-state index contributed by atoms with van der Waals surface area (Å²) in [5.74, 6) is 6.03. The van der Waals surface area contributed by atoms with Crippen LogP contribution in [0.5, 0.6) is 0 Å². The minimum Gasteiger partial charge on any atom is -0.385 e. The Morgan fingerprint density at radius 2 is 2.47 bits per heavy atom. The first-order chi connectivity index (χ1) is 8.27. The van der Waals surface area contributed by atoms with Crippen LogP contribution in [0.15, 0.2) is 4.99 Å². The van der Waals surface area contributed by atoms with E-state index in [4.69, 9.17) is 15.3 Å². The van der Waals surface area contributed by atoms with Gasteiger partial charge in [0.1, 0.15) is 0 Å². The fourth-order valence-electron chi connectivity index (χ4n) is 1.84. The molecule has 6 nitrogen and oxygen atoms in total. The minimum atomic E-state index is 0.217. The second kappa shape index (κ2) is 8.27. The molecule has 17 heavy (non-hydrogen) atoms. The average Bonchev–Trinajstić information content (AvgIpc) is 2.86. The predicted octanol–water partition coefficient (Wildman–Crippen LogP) is -0.000700. The predicted molar refractivity (Wildman–Crippen MR) is 67.7 cm³/mol. The van der Waals surface area contributed by atoms with Crippen molar-refractivity contribution in [2.24, 2.45) is 10.8 Å². The van der Waals surface area contributed by atoms with Crippen molar-refractivity contribution < 1.29 is 9.47 Å². The fourth-order valence-corrected chi connectivity index (χ4v) is 1.84. The molecule has 2 unspecified atom stereocenters. The zero-order valence-corrected chi connectivity index (χ0v) is 10.7.